The van der Waals surface area contributed by atoms with Gasteiger partial charge in [0, 0.05) is 4.47 Å². The molecular formula is C32H28BBrN2O2. The summed E-state index contributed by atoms with van der Waals surface area (Å²) < 4.78 is 13.2. The maximum atomic E-state index is 9.01. The second kappa shape index (κ2) is 11.4. The number of hydrogen-bond donors (Lipinski definition) is 0. The predicted octanol–water partition coefficient (Wildman–Crippen LogP) is 7.51. The summed E-state index contributed by atoms with van der Waals surface area (Å²) in [6.45, 7) is 8.20. The molecule has 0 atom stereocenters. The van der Waals surface area contributed by atoms with Crippen molar-refractivity contribution in [3.63, 3.8) is 0 Å². The Morgan fingerprint density at radius 1 is 0.605 bits per heavy atom. The highest BCUT2D eigenvalue weighted by atomic mass is 79.9. The Balaban J connectivity index is 0.000000194. The molecule has 0 saturated carbocycles. The minimum Gasteiger partial charge on any atom is -0.399 e. The van der Waals surface area contributed by atoms with E-state index in [-0.39, 0.29) is 18.3 Å². The first-order valence-corrected chi connectivity index (χ1v) is 13.1. The molecule has 4 aromatic carbocycles. The van der Waals surface area contributed by atoms with Gasteiger partial charge in [-0.1, -0.05) is 76.6 Å². The van der Waals surface area contributed by atoms with Crippen LogP contribution in [0.1, 0.15) is 38.8 Å². The van der Waals surface area contributed by atoms with Crippen LogP contribution in [0, 0.1) is 22.7 Å². The fraction of sp³-hybridized carbons (Fsp3) is 0.188. The molecule has 1 aliphatic rings. The zero-order valence-electron chi connectivity index (χ0n) is 21.9. The molecule has 188 valence electrons. The molecule has 38 heavy (non-hydrogen) atoms. The van der Waals surface area contributed by atoms with E-state index in [0.29, 0.717) is 11.1 Å². The summed E-state index contributed by atoms with van der Waals surface area (Å²) in [6, 6.07) is 35.7. The van der Waals surface area contributed by atoms with E-state index in [0.717, 1.165) is 32.2 Å². The first-order valence-electron chi connectivity index (χ1n) is 12.3. The summed E-state index contributed by atoms with van der Waals surface area (Å²) in [7, 11) is -0.348. The van der Waals surface area contributed by atoms with Gasteiger partial charge in [-0.05, 0) is 91.8 Å². The largest absolute Gasteiger partial charge is 0.494 e. The van der Waals surface area contributed by atoms with Crippen LogP contribution in [0.3, 0.4) is 0 Å². The molecule has 0 aliphatic carbocycles. The molecule has 1 heterocycles. The molecule has 0 bridgehead atoms. The third-order valence-corrected chi connectivity index (χ3v) is 7.46. The van der Waals surface area contributed by atoms with Crippen molar-refractivity contribution in [1.82, 2.24) is 0 Å². The van der Waals surface area contributed by atoms with E-state index >= 15 is 0 Å². The second-order valence-electron chi connectivity index (χ2n) is 10.1. The molecule has 6 heteroatoms. The highest BCUT2D eigenvalue weighted by Gasteiger charge is 2.51. The summed E-state index contributed by atoms with van der Waals surface area (Å²) >= 11 is 3.39. The Labute approximate surface area is 233 Å². The lowest BCUT2D eigenvalue weighted by atomic mass is 9.78. The van der Waals surface area contributed by atoms with E-state index in [2.05, 4.69) is 55.8 Å². The van der Waals surface area contributed by atoms with Gasteiger partial charge in [0.25, 0.3) is 0 Å². The van der Waals surface area contributed by atoms with Crippen molar-refractivity contribution in [2.75, 3.05) is 0 Å². The number of hydrogen-bond acceptors (Lipinski definition) is 4. The lowest BCUT2D eigenvalue weighted by molar-refractivity contribution is 0.00578. The molecule has 1 aliphatic heterocycles. The van der Waals surface area contributed by atoms with Gasteiger partial charge in [0.05, 0.1) is 34.5 Å². The lowest BCUT2D eigenvalue weighted by Crippen LogP contribution is -2.41. The van der Waals surface area contributed by atoms with Crippen LogP contribution in [-0.4, -0.2) is 18.3 Å². The van der Waals surface area contributed by atoms with E-state index < -0.39 is 0 Å². The van der Waals surface area contributed by atoms with Gasteiger partial charge in [-0.25, -0.2) is 0 Å². The first-order chi connectivity index (χ1) is 18.1. The standard InChI is InChI=1S/C19H20BNO2.C13H8BrN/c1-18(2)19(3,4)23-20(22-18)17-10-8-15(9-11-17)16-7-5-6-14(12-16)13-21;14-13-6-4-11(5-7-13)12-3-1-2-10(8-12)9-15/h5-12H,1-4H3;1-8H. The fourth-order valence-corrected chi connectivity index (χ4v) is 4.26. The predicted molar refractivity (Wildman–Crippen MR) is 157 cm³/mol. The molecule has 0 N–H and O–H groups in total. The summed E-state index contributed by atoms with van der Waals surface area (Å²) in [6.07, 6.45) is 0. The highest BCUT2D eigenvalue weighted by molar-refractivity contribution is 9.10. The third kappa shape index (κ3) is 6.23. The molecular weight excluding hydrogens is 535 g/mol. The normalized spacial score (nSPS) is 15.1. The van der Waals surface area contributed by atoms with Crippen LogP contribution < -0.4 is 5.46 Å². The van der Waals surface area contributed by atoms with Gasteiger partial charge >= 0.3 is 7.12 Å². The molecule has 4 nitrogen and oxygen atoms in total. The van der Waals surface area contributed by atoms with Gasteiger partial charge in [0.2, 0.25) is 0 Å². The second-order valence-corrected chi connectivity index (χ2v) is 11.0. The van der Waals surface area contributed by atoms with Crippen LogP contribution in [0.2, 0.25) is 0 Å². The number of nitriles is 2. The van der Waals surface area contributed by atoms with Crippen molar-refractivity contribution < 1.29 is 9.31 Å². The Hall–Kier alpha value is -3.68. The van der Waals surface area contributed by atoms with Gasteiger partial charge in [-0.3, -0.25) is 0 Å². The van der Waals surface area contributed by atoms with Crippen LogP contribution in [-0.2, 0) is 9.31 Å². The minimum atomic E-state index is -0.348. The van der Waals surface area contributed by atoms with E-state index in [9.17, 15) is 0 Å². The van der Waals surface area contributed by atoms with Gasteiger partial charge in [0.15, 0.2) is 0 Å². The van der Waals surface area contributed by atoms with E-state index in [4.69, 9.17) is 19.8 Å². The molecule has 5 rings (SSSR count). The Morgan fingerprint density at radius 2 is 1.03 bits per heavy atom. The first kappa shape index (κ1) is 27.4. The number of benzene rings is 4. The van der Waals surface area contributed by atoms with E-state index in [1.165, 1.54) is 0 Å². The van der Waals surface area contributed by atoms with Crippen molar-refractivity contribution in [1.29, 1.82) is 10.5 Å². The molecule has 1 fully saturated rings. The molecule has 0 spiro atoms. The zero-order valence-corrected chi connectivity index (χ0v) is 23.5. The van der Waals surface area contributed by atoms with Crippen molar-refractivity contribution in [2.24, 2.45) is 0 Å². The monoisotopic (exact) mass is 562 g/mol. The summed E-state index contributed by atoms with van der Waals surface area (Å²) in [4.78, 5) is 0. The maximum absolute atomic E-state index is 9.01. The van der Waals surface area contributed by atoms with Crippen LogP contribution in [0.5, 0.6) is 0 Å². The molecule has 1 saturated heterocycles. The minimum absolute atomic E-state index is 0.336. The van der Waals surface area contributed by atoms with Gasteiger partial charge in [-0.15, -0.1) is 0 Å². The van der Waals surface area contributed by atoms with Gasteiger partial charge in [-0.2, -0.15) is 10.5 Å². The molecule has 0 aromatic heterocycles. The Bertz CT molecular complexity index is 1480. The van der Waals surface area contributed by atoms with Gasteiger partial charge in [0.1, 0.15) is 0 Å². The Kier molecular flexibility index (Phi) is 8.19. The quantitative estimate of drug-likeness (QED) is 0.242. The van der Waals surface area contributed by atoms with Crippen molar-refractivity contribution in [3.05, 3.63) is 113 Å². The van der Waals surface area contributed by atoms with Crippen molar-refractivity contribution in [3.8, 4) is 34.4 Å². The SMILES string of the molecule is CC1(C)OB(c2ccc(-c3cccc(C#N)c3)cc2)OC1(C)C.N#Cc1cccc(-c2ccc(Br)cc2)c1. The smallest absolute Gasteiger partial charge is 0.399 e. The number of rotatable bonds is 3. The Morgan fingerprint density at radius 3 is 1.45 bits per heavy atom. The number of halogens is 1. The van der Waals surface area contributed by atoms with Crippen LogP contribution >= 0.6 is 15.9 Å². The molecule has 0 radical (unpaired) electrons. The van der Waals surface area contributed by atoms with Crippen LogP contribution in [0.15, 0.2) is 102 Å². The molecule has 0 unspecified atom stereocenters. The lowest BCUT2D eigenvalue weighted by Gasteiger charge is -2.32. The average Bonchev–Trinajstić information content (AvgIpc) is 3.16. The topological polar surface area (TPSA) is 66.0 Å². The summed E-state index contributed by atoms with van der Waals surface area (Å²) in [5.74, 6) is 0. The molecule has 0 amide bonds. The van der Waals surface area contributed by atoms with Crippen LogP contribution in [0.4, 0.5) is 0 Å². The summed E-state index contributed by atoms with van der Waals surface area (Å²) in [5.41, 5.74) is 5.98. The van der Waals surface area contributed by atoms with Crippen molar-refractivity contribution >= 4 is 28.5 Å². The van der Waals surface area contributed by atoms with Crippen LogP contribution in [0.25, 0.3) is 22.3 Å². The summed E-state index contributed by atoms with van der Waals surface area (Å²) in [5, 5.41) is 17.8. The van der Waals surface area contributed by atoms with Gasteiger partial charge < -0.3 is 9.31 Å². The maximum Gasteiger partial charge on any atom is 0.494 e. The van der Waals surface area contributed by atoms with Crippen molar-refractivity contribution in [2.45, 2.75) is 38.9 Å². The average molecular weight is 563 g/mol. The fourth-order valence-electron chi connectivity index (χ4n) is 3.99. The molecule has 4 aromatic rings. The highest BCUT2D eigenvalue weighted by Crippen LogP contribution is 2.36. The zero-order chi connectivity index (χ0) is 27.3. The third-order valence-electron chi connectivity index (χ3n) is 6.93. The van der Waals surface area contributed by atoms with E-state index in [1.54, 1.807) is 0 Å². The number of nitrogens with zero attached hydrogens (tertiary/aromatic N) is 2. The van der Waals surface area contributed by atoms with E-state index in [1.807, 2.05) is 97.1 Å².